The van der Waals surface area contributed by atoms with Gasteiger partial charge in [0.1, 0.15) is 46.2 Å². The average Bonchev–Trinajstić information content (AvgIpc) is 3.45. The van der Waals surface area contributed by atoms with Crippen molar-refractivity contribution in [1.29, 1.82) is 0 Å². The number of hydrogen-bond acceptors (Lipinski definition) is 7. The number of carbonyl (C=O) groups is 2. The van der Waals surface area contributed by atoms with E-state index < -0.39 is 47.4 Å². The minimum atomic E-state index is -2.92. The average molecular weight is 614 g/mol. The summed E-state index contributed by atoms with van der Waals surface area (Å²) in [5, 5.41) is 18.5. The molecule has 2 amide bonds. The summed E-state index contributed by atoms with van der Waals surface area (Å²) < 4.78 is 67.7. The van der Waals surface area contributed by atoms with Crippen molar-refractivity contribution in [1.82, 2.24) is 20.1 Å². The van der Waals surface area contributed by atoms with Gasteiger partial charge < -0.3 is 25.6 Å². The molecule has 1 unspecified atom stereocenters. The molecule has 2 atom stereocenters. The van der Waals surface area contributed by atoms with E-state index in [1.54, 1.807) is 6.92 Å². The second kappa shape index (κ2) is 10.2. The number of nitrogens with one attached hydrogen (secondary N) is 1. The molecular weight excluding hydrogens is 586 g/mol. The van der Waals surface area contributed by atoms with Gasteiger partial charge >= 0.3 is 6.55 Å². The van der Waals surface area contributed by atoms with Gasteiger partial charge in [0.25, 0.3) is 5.91 Å². The third kappa shape index (κ3) is 4.60. The lowest BCUT2D eigenvalue weighted by atomic mass is 9.80. The quantitative estimate of drug-likeness (QED) is 0.243. The Morgan fingerprint density at radius 1 is 1.23 bits per heavy atom. The Morgan fingerprint density at radius 3 is 2.55 bits per heavy atom. The molecule has 14 heteroatoms. The predicted octanol–water partition coefficient (Wildman–Crippen LogP) is 3.90. The Labute approximate surface area is 247 Å². The van der Waals surface area contributed by atoms with Crippen molar-refractivity contribution in [3.63, 3.8) is 0 Å². The highest BCUT2D eigenvalue weighted by Gasteiger charge is 2.62. The molecule has 2 aliphatic rings. The number of methoxy groups -OCH3 is 1. The normalized spacial score (nSPS) is 19.7. The molecule has 1 fully saturated rings. The standard InChI is InChI=1S/C30H27F4N5O5/c1-28(26(35)41)14-44-24-19(28)11-21(37-23(24)15-3-5-18(31)6-4-15)30(42,29(34)7-8-29)13-36-25(40)16-9-17-12-39(27(32)33)38-22(17)20(10-16)43-2/h3-6,9-12,27,42H,7-8,13-14H2,1-2H3,(H2,35,41)(H,36,40)/t28-,30?/m0/s1. The number of aromatic nitrogens is 3. The largest absolute Gasteiger partial charge is 0.494 e. The van der Waals surface area contributed by atoms with Crippen LogP contribution >= 0.6 is 0 Å². The second-order valence-electron chi connectivity index (χ2n) is 11.2. The van der Waals surface area contributed by atoms with E-state index in [4.69, 9.17) is 15.2 Å². The minimum Gasteiger partial charge on any atom is -0.494 e. The lowest BCUT2D eigenvalue weighted by Gasteiger charge is -2.33. The lowest BCUT2D eigenvalue weighted by molar-refractivity contribution is -0.123. The molecule has 0 radical (unpaired) electrons. The van der Waals surface area contributed by atoms with E-state index in [9.17, 15) is 27.9 Å². The van der Waals surface area contributed by atoms with E-state index in [1.165, 1.54) is 49.6 Å². The van der Waals surface area contributed by atoms with Gasteiger partial charge in [-0.25, -0.2) is 18.4 Å². The number of carbonyl (C=O) groups excluding carboxylic acids is 2. The number of pyridine rings is 1. The van der Waals surface area contributed by atoms with Crippen LogP contribution in [-0.4, -0.2) is 57.6 Å². The summed E-state index contributed by atoms with van der Waals surface area (Å²) in [6, 6.07) is 9.19. The molecule has 1 aliphatic carbocycles. The fourth-order valence-corrected chi connectivity index (χ4v) is 5.42. The molecule has 0 saturated heterocycles. The van der Waals surface area contributed by atoms with E-state index in [2.05, 4.69) is 15.4 Å². The van der Waals surface area contributed by atoms with Crippen LogP contribution < -0.4 is 20.5 Å². The van der Waals surface area contributed by atoms with Gasteiger partial charge in [0, 0.05) is 28.3 Å². The van der Waals surface area contributed by atoms with E-state index in [0.717, 1.165) is 6.20 Å². The maximum absolute atomic E-state index is 16.1. The highest BCUT2D eigenvalue weighted by atomic mass is 19.3. The van der Waals surface area contributed by atoms with Gasteiger partial charge in [-0.15, -0.1) is 0 Å². The zero-order valence-electron chi connectivity index (χ0n) is 23.5. The van der Waals surface area contributed by atoms with Crippen LogP contribution in [0.2, 0.25) is 0 Å². The number of rotatable bonds is 9. The SMILES string of the molecule is COc1cc(C(=O)NCC(O)(c2cc3c(c(-c4ccc(F)cc4)n2)OC[C@]3(C)C(N)=O)C2(F)CC2)cc2cn(C(F)F)nc12. The molecule has 6 rings (SSSR count). The lowest BCUT2D eigenvalue weighted by Crippen LogP contribution is -2.49. The fourth-order valence-electron chi connectivity index (χ4n) is 5.42. The molecule has 230 valence electrons. The summed E-state index contributed by atoms with van der Waals surface area (Å²) in [6.07, 6.45) is 0.972. The number of nitrogens with zero attached hydrogens (tertiary/aromatic N) is 3. The summed E-state index contributed by atoms with van der Waals surface area (Å²) in [6.45, 7) is -2.16. The second-order valence-corrected chi connectivity index (χ2v) is 11.2. The first-order chi connectivity index (χ1) is 20.8. The summed E-state index contributed by atoms with van der Waals surface area (Å²) in [5.41, 5.74) is 0.444. The van der Waals surface area contributed by atoms with Gasteiger partial charge in [-0.05, 0) is 62.2 Å². The number of nitrogens with two attached hydrogens (primary N) is 1. The first-order valence-electron chi connectivity index (χ1n) is 13.6. The number of fused-ring (bicyclic) bond motifs is 2. The van der Waals surface area contributed by atoms with Gasteiger partial charge in [0.05, 0.1) is 19.3 Å². The van der Waals surface area contributed by atoms with Crippen LogP contribution in [0, 0.1) is 5.82 Å². The van der Waals surface area contributed by atoms with E-state index in [1.807, 2.05) is 0 Å². The molecule has 44 heavy (non-hydrogen) atoms. The number of benzene rings is 2. The van der Waals surface area contributed by atoms with Crippen molar-refractivity contribution in [2.24, 2.45) is 5.73 Å². The number of amides is 2. The maximum Gasteiger partial charge on any atom is 0.333 e. The van der Waals surface area contributed by atoms with E-state index in [0.29, 0.717) is 10.2 Å². The third-order valence-corrected chi connectivity index (χ3v) is 8.37. The Balaban J connectivity index is 1.40. The molecule has 4 N–H and O–H groups in total. The number of alkyl halides is 3. The molecule has 0 bridgehead atoms. The molecule has 2 aromatic carbocycles. The first-order valence-corrected chi connectivity index (χ1v) is 13.6. The Bertz CT molecular complexity index is 1810. The van der Waals surface area contributed by atoms with Crippen molar-refractivity contribution >= 4 is 22.7 Å². The maximum atomic E-state index is 16.1. The molecule has 0 spiro atoms. The van der Waals surface area contributed by atoms with Crippen LogP contribution in [-0.2, 0) is 15.8 Å². The van der Waals surface area contributed by atoms with Crippen molar-refractivity contribution in [2.45, 2.75) is 43.0 Å². The molecule has 1 aliphatic heterocycles. The van der Waals surface area contributed by atoms with Gasteiger partial charge in [0.2, 0.25) is 5.91 Å². The summed E-state index contributed by atoms with van der Waals surface area (Å²) in [7, 11) is 1.29. The predicted molar refractivity (Wildman–Crippen MR) is 149 cm³/mol. The van der Waals surface area contributed by atoms with Crippen molar-refractivity contribution in [3.05, 3.63) is 71.3 Å². The number of primary amides is 1. The molecule has 3 heterocycles. The van der Waals surface area contributed by atoms with E-state index >= 15 is 4.39 Å². The van der Waals surface area contributed by atoms with Gasteiger partial charge in [-0.3, -0.25) is 9.59 Å². The number of aliphatic hydroxyl groups is 1. The van der Waals surface area contributed by atoms with Crippen LogP contribution in [0.25, 0.3) is 22.2 Å². The topological polar surface area (TPSA) is 142 Å². The number of halogens is 4. The molecule has 4 aromatic rings. The number of hydrogen-bond donors (Lipinski definition) is 3. The Hall–Kier alpha value is -4.72. The summed E-state index contributed by atoms with van der Waals surface area (Å²) in [4.78, 5) is 30.4. The highest BCUT2D eigenvalue weighted by molar-refractivity contribution is 6.00. The minimum absolute atomic E-state index is 0.0159. The van der Waals surface area contributed by atoms with Gasteiger partial charge in [0.15, 0.2) is 5.60 Å². The smallest absolute Gasteiger partial charge is 0.333 e. The van der Waals surface area contributed by atoms with Gasteiger partial charge in [-0.2, -0.15) is 13.9 Å². The zero-order chi connectivity index (χ0) is 31.6. The van der Waals surface area contributed by atoms with E-state index in [-0.39, 0.29) is 64.4 Å². The van der Waals surface area contributed by atoms with Crippen molar-refractivity contribution in [2.75, 3.05) is 20.3 Å². The first kappa shape index (κ1) is 29.4. The fraction of sp³-hybridized carbons (Fsp3) is 0.333. The van der Waals surface area contributed by atoms with Crippen LogP contribution in [0.5, 0.6) is 11.5 Å². The van der Waals surface area contributed by atoms with Crippen LogP contribution in [0.1, 0.15) is 47.9 Å². The van der Waals surface area contributed by atoms with Crippen molar-refractivity contribution in [3.8, 4) is 22.8 Å². The third-order valence-electron chi connectivity index (χ3n) is 8.37. The molecule has 10 nitrogen and oxygen atoms in total. The molecular formula is C30H27F4N5O5. The molecule has 1 saturated carbocycles. The summed E-state index contributed by atoms with van der Waals surface area (Å²) in [5.74, 6) is -1.76. The van der Waals surface area contributed by atoms with Crippen LogP contribution in [0.15, 0.2) is 48.7 Å². The van der Waals surface area contributed by atoms with Crippen LogP contribution in [0.4, 0.5) is 17.6 Å². The van der Waals surface area contributed by atoms with Crippen LogP contribution in [0.3, 0.4) is 0 Å². The highest BCUT2D eigenvalue weighted by Crippen LogP contribution is 2.55. The monoisotopic (exact) mass is 613 g/mol. The summed E-state index contributed by atoms with van der Waals surface area (Å²) >= 11 is 0. The Kier molecular flexibility index (Phi) is 6.79. The number of ether oxygens (including phenoxy) is 2. The zero-order valence-corrected chi connectivity index (χ0v) is 23.5. The Morgan fingerprint density at radius 2 is 1.93 bits per heavy atom. The van der Waals surface area contributed by atoms with Gasteiger partial charge in [-0.1, -0.05) is 0 Å². The molecule has 2 aromatic heterocycles. The van der Waals surface area contributed by atoms with Crippen molar-refractivity contribution < 1.29 is 41.7 Å².